The first-order valence-corrected chi connectivity index (χ1v) is 10.8. The van der Waals surface area contributed by atoms with Crippen LogP contribution in [0.2, 0.25) is 0 Å². The number of rotatable bonds is 9. The maximum Gasteiger partial charge on any atom is 0.251 e. The van der Waals surface area contributed by atoms with Crippen LogP contribution in [0.15, 0.2) is 65.1 Å². The van der Waals surface area contributed by atoms with E-state index < -0.39 is 0 Å². The molecule has 0 saturated carbocycles. The summed E-state index contributed by atoms with van der Waals surface area (Å²) in [6.45, 7) is 3.06. The quantitative estimate of drug-likeness (QED) is 0.505. The number of likely N-dealkylation sites (N-methyl/N-ethyl adjacent to an activating group) is 1. The molecule has 0 aliphatic rings. The standard InChI is InChI=1S/C24H28BrN3O/c1-28(13-2-3-18-4-6-19(17-26)7-5-18)14-12-27-24(29)22-9-8-21-16-23(25)11-10-20(21)15-22/h4-11,15-16H,2-3,12-14,17,26H2,1H3,(H,27,29). The number of nitrogens with two attached hydrogens (primary N) is 1. The van der Waals surface area contributed by atoms with Crippen molar-refractivity contribution in [1.29, 1.82) is 0 Å². The molecule has 0 aliphatic carbocycles. The smallest absolute Gasteiger partial charge is 0.251 e. The molecular formula is C24H28BrN3O. The molecule has 0 aliphatic heterocycles. The predicted molar refractivity (Wildman–Crippen MR) is 124 cm³/mol. The Kier molecular flexibility index (Phi) is 7.81. The number of benzene rings is 3. The fourth-order valence-electron chi connectivity index (χ4n) is 3.33. The second kappa shape index (κ2) is 10.5. The molecule has 0 bridgehead atoms. The highest BCUT2D eigenvalue weighted by Gasteiger charge is 2.07. The normalized spacial score (nSPS) is 11.2. The lowest BCUT2D eigenvalue weighted by Crippen LogP contribution is -2.33. The zero-order valence-electron chi connectivity index (χ0n) is 16.8. The van der Waals surface area contributed by atoms with Crippen molar-refractivity contribution >= 4 is 32.6 Å². The zero-order valence-corrected chi connectivity index (χ0v) is 18.4. The van der Waals surface area contributed by atoms with Gasteiger partial charge in [0, 0.05) is 29.7 Å². The molecular weight excluding hydrogens is 426 g/mol. The number of nitrogens with one attached hydrogen (secondary N) is 1. The van der Waals surface area contributed by atoms with Crippen molar-refractivity contribution in [3.8, 4) is 0 Å². The van der Waals surface area contributed by atoms with Crippen LogP contribution in [0.5, 0.6) is 0 Å². The van der Waals surface area contributed by atoms with Gasteiger partial charge in [-0.05, 0) is 72.6 Å². The molecule has 0 atom stereocenters. The number of carbonyl (C=O) groups is 1. The van der Waals surface area contributed by atoms with Gasteiger partial charge in [0.05, 0.1) is 0 Å². The molecule has 3 N–H and O–H groups in total. The van der Waals surface area contributed by atoms with E-state index >= 15 is 0 Å². The van der Waals surface area contributed by atoms with Gasteiger partial charge in [0.1, 0.15) is 0 Å². The summed E-state index contributed by atoms with van der Waals surface area (Å²) in [6, 6.07) is 20.4. The van der Waals surface area contributed by atoms with Crippen LogP contribution in [0.4, 0.5) is 0 Å². The lowest BCUT2D eigenvalue weighted by Gasteiger charge is -2.17. The molecule has 0 spiro atoms. The average Bonchev–Trinajstić information content (AvgIpc) is 2.73. The Hall–Kier alpha value is -2.21. The fraction of sp³-hybridized carbons (Fsp3) is 0.292. The molecule has 3 rings (SSSR count). The SMILES string of the molecule is CN(CCCc1ccc(CN)cc1)CCNC(=O)c1ccc2cc(Br)ccc2c1. The highest BCUT2D eigenvalue weighted by molar-refractivity contribution is 9.10. The Morgan fingerprint density at radius 2 is 1.66 bits per heavy atom. The Morgan fingerprint density at radius 3 is 2.41 bits per heavy atom. The fourth-order valence-corrected chi connectivity index (χ4v) is 3.71. The van der Waals surface area contributed by atoms with Crippen molar-refractivity contribution in [1.82, 2.24) is 10.2 Å². The van der Waals surface area contributed by atoms with E-state index in [2.05, 4.69) is 63.5 Å². The summed E-state index contributed by atoms with van der Waals surface area (Å²) in [7, 11) is 2.09. The van der Waals surface area contributed by atoms with Gasteiger partial charge in [-0.1, -0.05) is 52.3 Å². The maximum absolute atomic E-state index is 12.4. The topological polar surface area (TPSA) is 58.4 Å². The van der Waals surface area contributed by atoms with Crippen LogP contribution in [0.25, 0.3) is 10.8 Å². The van der Waals surface area contributed by atoms with Crippen LogP contribution in [0, 0.1) is 0 Å². The number of nitrogens with zero attached hydrogens (tertiary/aromatic N) is 1. The van der Waals surface area contributed by atoms with E-state index in [1.807, 2.05) is 30.3 Å². The molecule has 0 heterocycles. The van der Waals surface area contributed by atoms with Gasteiger partial charge < -0.3 is 16.0 Å². The van der Waals surface area contributed by atoms with Crippen LogP contribution in [0.1, 0.15) is 27.9 Å². The van der Waals surface area contributed by atoms with Crippen molar-refractivity contribution in [2.75, 3.05) is 26.7 Å². The van der Waals surface area contributed by atoms with Gasteiger partial charge in [0.15, 0.2) is 0 Å². The number of fused-ring (bicyclic) bond motifs is 1. The van der Waals surface area contributed by atoms with Crippen LogP contribution in [-0.2, 0) is 13.0 Å². The molecule has 4 nitrogen and oxygen atoms in total. The number of hydrogen-bond acceptors (Lipinski definition) is 3. The lowest BCUT2D eigenvalue weighted by molar-refractivity contribution is 0.0950. The summed E-state index contributed by atoms with van der Waals surface area (Å²) in [5.41, 5.74) is 8.84. The van der Waals surface area contributed by atoms with E-state index in [9.17, 15) is 4.79 Å². The third kappa shape index (κ3) is 6.39. The van der Waals surface area contributed by atoms with E-state index in [4.69, 9.17) is 5.73 Å². The predicted octanol–water partition coefficient (Wildman–Crippen LogP) is 4.36. The highest BCUT2D eigenvalue weighted by atomic mass is 79.9. The van der Waals surface area contributed by atoms with Gasteiger partial charge in [0.2, 0.25) is 0 Å². The Labute approximate surface area is 181 Å². The first kappa shape index (κ1) is 21.5. The first-order valence-electron chi connectivity index (χ1n) is 9.99. The number of aryl methyl sites for hydroxylation is 1. The summed E-state index contributed by atoms with van der Waals surface area (Å²) in [5.74, 6) is -0.0248. The van der Waals surface area contributed by atoms with Crippen LogP contribution in [0.3, 0.4) is 0 Å². The number of halogens is 1. The van der Waals surface area contributed by atoms with Gasteiger partial charge in [-0.2, -0.15) is 0 Å². The average molecular weight is 454 g/mol. The largest absolute Gasteiger partial charge is 0.351 e. The van der Waals surface area contributed by atoms with Crippen molar-refractivity contribution in [2.24, 2.45) is 5.73 Å². The molecule has 3 aromatic rings. The van der Waals surface area contributed by atoms with E-state index in [0.29, 0.717) is 18.7 Å². The van der Waals surface area contributed by atoms with Crippen LogP contribution < -0.4 is 11.1 Å². The van der Waals surface area contributed by atoms with E-state index in [-0.39, 0.29) is 5.91 Å². The molecule has 0 saturated heterocycles. The van der Waals surface area contributed by atoms with E-state index in [1.165, 1.54) is 11.1 Å². The van der Waals surface area contributed by atoms with Gasteiger partial charge >= 0.3 is 0 Å². The van der Waals surface area contributed by atoms with Crippen molar-refractivity contribution in [2.45, 2.75) is 19.4 Å². The second-order valence-electron chi connectivity index (χ2n) is 7.39. The summed E-state index contributed by atoms with van der Waals surface area (Å²) in [4.78, 5) is 14.7. The van der Waals surface area contributed by atoms with E-state index in [0.717, 1.165) is 41.2 Å². The van der Waals surface area contributed by atoms with Gasteiger partial charge in [-0.15, -0.1) is 0 Å². The number of hydrogen-bond donors (Lipinski definition) is 2. The molecule has 1 amide bonds. The van der Waals surface area contributed by atoms with Crippen LogP contribution >= 0.6 is 15.9 Å². The Morgan fingerprint density at radius 1 is 0.966 bits per heavy atom. The third-order valence-corrected chi connectivity index (χ3v) is 5.60. The second-order valence-corrected chi connectivity index (χ2v) is 8.31. The zero-order chi connectivity index (χ0) is 20.6. The minimum atomic E-state index is -0.0248. The van der Waals surface area contributed by atoms with Crippen molar-refractivity contribution in [3.63, 3.8) is 0 Å². The summed E-state index contributed by atoms with van der Waals surface area (Å²) >= 11 is 3.48. The summed E-state index contributed by atoms with van der Waals surface area (Å²) in [6.07, 6.45) is 2.14. The molecule has 0 aromatic heterocycles. The molecule has 152 valence electrons. The lowest BCUT2D eigenvalue weighted by atomic mass is 10.1. The maximum atomic E-state index is 12.4. The number of amides is 1. The summed E-state index contributed by atoms with van der Waals surface area (Å²) in [5, 5.41) is 5.21. The summed E-state index contributed by atoms with van der Waals surface area (Å²) < 4.78 is 1.04. The monoisotopic (exact) mass is 453 g/mol. The van der Waals surface area contributed by atoms with Gasteiger partial charge in [-0.25, -0.2) is 0 Å². The molecule has 5 heteroatoms. The van der Waals surface area contributed by atoms with Gasteiger partial charge in [0.25, 0.3) is 5.91 Å². The number of carbonyl (C=O) groups excluding carboxylic acids is 1. The molecule has 0 unspecified atom stereocenters. The molecule has 3 aromatic carbocycles. The van der Waals surface area contributed by atoms with Crippen molar-refractivity contribution in [3.05, 3.63) is 81.8 Å². The molecule has 29 heavy (non-hydrogen) atoms. The minimum absolute atomic E-state index is 0.0248. The third-order valence-electron chi connectivity index (χ3n) is 5.11. The van der Waals surface area contributed by atoms with Gasteiger partial charge in [-0.3, -0.25) is 4.79 Å². The van der Waals surface area contributed by atoms with E-state index in [1.54, 1.807) is 0 Å². The first-order chi connectivity index (χ1) is 14.0. The van der Waals surface area contributed by atoms with Crippen molar-refractivity contribution < 1.29 is 4.79 Å². The molecule has 0 fully saturated rings. The Bertz CT molecular complexity index is 956. The van der Waals surface area contributed by atoms with Crippen LogP contribution in [-0.4, -0.2) is 37.5 Å². The highest BCUT2D eigenvalue weighted by Crippen LogP contribution is 2.21. The molecule has 0 radical (unpaired) electrons. The Balaban J connectivity index is 1.39. The minimum Gasteiger partial charge on any atom is -0.351 e.